The van der Waals surface area contributed by atoms with Crippen LogP contribution in [-0.4, -0.2) is 14.9 Å². The second kappa shape index (κ2) is 4.89. The monoisotopic (exact) mass is 321 g/mol. The van der Waals surface area contributed by atoms with Crippen molar-refractivity contribution in [3.8, 4) is 17.6 Å². The summed E-state index contributed by atoms with van der Waals surface area (Å²) in [7, 11) is 0. The zero-order valence-corrected chi connectivity index (χ0v) is 10.9. The molecule has 1 aromatic carbocycles. The van der Waals surface area contributed by atoms with Crippen molar-refractivity contribution in [1.82, 2.24) is 9.78 Å². The number of benzene rings is 1. The lowest BCUT2D eigenvalue weighted by atomic mass is 10.2. The number of alkyl halides is 3. The van der Waals surface area contributed by atoms with E-state index < -0.39 is 17.6 Å². The largest absolute Gasteiger partial charge is 0.493 e. The van der Waals surface area contributed by atoms with Crippen LogP contribution in [0, 0.1) is 11.3 Å². The van der Waals surface area contributed by atoms with Crippen LogP contribution in [-0.2, 0) is 6.18 Å². The molecular weight excluding hydrogens is 318 g/mol. The van der Waals surface area contributed by atoms with E-state index in [0.717, 1.165) is 10.7 Å². The Morgan fingerprint density at radius 2 is 1.75 bits per heavy atom. The number of hydrogen-bond donors (Lipinski definition) is 1. The highest BCUT2D eigenvalue weighted by atomic mass is 35.5. The molecule has 104 valence electrons. The van der Waals surface area contributed by atoms with E-state index in [0.29, 0.717) is 12.1 Å². The highest BCUT2D eigenvalue weighted by Crippen LogP contribution is 2.38. The van der Waals surface area contributed by atoms with Gasteiger partial charge in [-0.05, 0) is 12.1 Å². The second-order valence-corrected chi connectivity index (χ2v) is 4.51. The summed E-state index contributed by atoms with van der Waals surface area (Å²) in [5, 5.41) is 21.2. The molecule has 2 rings (SSSR count). The predicted molar refractivity (Wildman–Crippen MR) is 65.0 cm³/mol. The zero-order chi connectivity index (χ0) is 15.1. The molecule has 20 heavy (non-hydrogen) atoms. The third-order valence-electron chi connectivity index (χ3n) is 2.36. The van der Waals surface area contributed by atoms with E-state index in [1.165, 1.54) is 0 Å². The van der Waals surface area contributed by atoms with Gasteiger partial charge in [0.15, 0.2) is 5.69 Å². The number of nitriles is 1. The molecule has 0 aliphatic heterocycles. The molecule has 0 unspecified atom stereocenters. The topological polar surface area (TPSA) is 61.8 Å². The van der Waals surface area contributed by atoms with E-state index in [4.69, 9.17) is 28.5 Å². The molecule has 0 spiro atoms. The Balaban J connectivity index is 2.64. The van der Waals surface area contributed by atoms with Crippen LogP contribution in [0.25, 0.3) is 5.69 Å². The van der Waals surface area contributed by atoms with E-state index in [-0.39, 0.29) is 21.4 Å². The molecule has 1 aromatic heterocycles. The predicted octanol–water partition coefficient (Wildman–Crippen LogP) is 3.78. The van der Waals surface area contributed by atoms with Gasteiger partial charge in [0.2, 0.25) is 5.88 Å². The van der Waals surface area contributed by atoms with E-state index in [9.17, 15) is 18.3 Å². The van der Waals surface area contributed by atoms with Gasteiger partial charge in [-0.25, -0.2) is 0 Å². The fourth-order valence-electron chi connectivity index (χ4n) is 1.52. The minimum Gasteiger partial charge on any atom is -0.493 e. The summed E-state index contributed by atoms with van der Waals surface area (Å²) in [6.45, 7) is 0. The van der Waals surface area contributed by atoms with Gasteiger partial charge in [0.05, 0.1) is 15.6 Å². The average Bonchev–Trinajstić information content (AvgIpc) is 2.69. The first-order chi connectivity index (χ1) is 9.24. The highest BCUT2D eigenvalue weighted by Gasteiger charge is 2.32. The Hall–Kier alpha value is -1.91. The Morgan fingerprint density at radius 3 is 2.15 bits per heavy atom. The van der Waals surface area contributed by atoms with Gasteiger partial charge in [-0.3, -0.25) is 0 Å². The fourth-order valence-corrected chi connectivity index (χ4v) is 2.17. The number of aromatic nitrogens is 2. The van der Waals surface area contributed by atoms with Crippen LogP contribution in [0.3, 0.4) is 0 Å². The van der Waals surface area contributed by atoms with Gasteiger partial charge in [0.25, 0.3) is 0 Å². The Bertz CT molecular complexity index is 696. The van der Waals surface area contributed by atoms with E-state index >= 15 is 0 Å². The molecule has 0 aliphatic carbocycles. The molecule has 0 aliphatic rings. The number of aromatic hydroxyl groups is 1. The van der Waals surface area contributed by atoms with Crippen LogP contribution in [0.5, 0.6) is 5.88 Å². The lowest BCUT2D eigenvalue weighted by molar-refractivity contribution is -0.137. The number of nitrogens with zero attached hydrogens (tertiary/aromatic N) is 3. The van der Waals surface area contributed by atoms with Crippen LogP contribution < -0.4 is 0 Å². The first kappa shape index (κ1) is 14.5. The second-order valence-electron chi connectivity index (χ2n) is 3.70. The molecule has 0 amide bonds. The van der Waals surface area contributed by atoms with Gasteiger partial charge in [-0.2, -0.15) is 28.2 Å². The van der Waals surface area contributed by atoms with Crippen molar-refractivity contribution in [3.63, 3.8) is 0 Å². The van der Waals surface area contributed by atoms with Crippen molar-refractivity contribution < 1.29 is 18.3 Å². The molecule has 0 atom stereocenters. The summed E-state index contributed by atoms with van der Waals surface area (Å²) in [5.74, 6) is -0.467. The SMILES string of the molecule is N#Cc1cc(O)n(-c2c(Cl)cc(C(F)(F)F)cc2Cl)n1. The van der Waals surface area contributed by atoms with Gasteiger partial charge >= 0.3 is 6.18 Å². The molecule has 0 fully saturated rings. The standard InChI is InChI=1S/C11H4Cl2F3N3O/c12-7-1-5(11(14,15)16)2-8(13)10(7)19-9(20)3-6(4-17)18-19/h1-3,20H. The maximum absolute atomic E-state index is 12.6. The van der Waals surface area contributed by atoms with Crippen molar-refractivity contribution >= 4 is 23.2 Å². The highest BCUT2D eigenvalue weighted by molar-refractivity contribution is 6.37. The zero-order valence-electron chi connectivity index (χ0n) is 9.41. The van der Waals surface area contributed by atoms with Crippen LogP contribution in [0.15, 0.2) is 18.2 Å². The maximum atomic E-state index is 12.6. The molecule has 1 N–H and O–H groups in total. The van der Waals surface area contributed by atoms with Crippen molar-refractivity contribution in [2.24, 2.45) is 0 Å². The lowest BCUT2D eigenvalue weighted by Gasteiger charge is -2.12. The quantitative estimate of drug-likeness (QED) is 0.869. The number of halogens is 5. The summed E-state index contributed by atoms with van der Waals surface area (Å²) in [5.41, 5.74) is -1.29. The summed E-state index contributed by atoms with van der Waals surface area (Å²) in [6, 6.07) is 4.03. The van der Waals surface area contributed by atoms with Crippen molar-refractivity contribution in [1.29, 1.82) is 5.26 Å². The molecule has 0 saturated carbocycles. The van der Waals surface area contributed by atoms with Gasteiger partial charge in [-0.15, -0.1) is 0 Å². The van der Waals surface area contributed by atoms with Crippen LogP contribution >= 0.6 is 23.2 Å². The molecule has 0 bridgehead atoms. The molecule has 1 heterocycles. The molecular formula is C11H4Cl2F3N3O. The van der Waals surface area contributed by atoms with Crippen molar-refractivity contribution in [2.75, 3.05) is 0 Å². The average molecular weight is 322 g/mol. The van der Waals surface area contributed by atoms with Crippen LogP contribution in [0.1, 0.15) is 11.3 Å². The summed E-state index contributed by atoms with van der Waals surface area (Å²) >= 11 is 11.5. The van der Waals surface area contributed by atoms with E-state index in [2.05, 4.69) is 5.10 Å². The van der Waals surface area contributed by atoms with Gasteiger partial charge < -0.3 is 5.11 Å². The molecule has 9 heteroatoms. The number of rotatable bonds is 1. The van der Waals surface area contributed by atoms with Gasteiger partial charge in [0.1, 0.15) is 11.8 Å². The van der Waals surface area contributed by atoms with Crippen LogP contribution in [0.4, 0.5) is 13.2 Å². The Kier molecular flexibility index (Phi) is 3.54. The van der Waals surface area contributed by atoms with Crippen molar-refractivity contribution in [2.45, 2.75) is 6.18 Å². The minimum atomic E-state index is -4.60. The van der Waals surface area contributed by atoms with Crippen molar-refractivity contribution in [3.05, 3.63) is 39.5 Å². The number of hydrogen-bond acceptors (Lipinski definition) is 3. The first-order valence-corrected chi connectivity index (χ1v) is 5.75. The minimum absolute atomic E-state index is 0.130. The third kappa shape index (κ3) is 2.53. The molecule has 4 nitrogen and oxygen atoms in total. The van der Waals surface area contributed by atoms with E-state index in [1.807, 2.05) is 0 Å². The first-order valence-electron chi connectivity index (χ1n) is 4.99. The summed E-state index contributed by atoms with van der Waals surface area (Å²) in [4.78, 5) is 0. The molecule has 2 aromatic rings. The Morgan fingerprint density at radius 1 is 1.20 bits per heavy atom. The summed E-state index contributed by atoms with van der Waals surface area (Å²) < 4.78 is 38.6. The molecule has 0 radical (unpaired) electrons. The molecule has 0 saturated heterocycles. The van der Waals surface area contributed by atoms with Gasteiger partial charge in [-0.1, -0.05) is 23.2 Å². The fraction of sp³-hybridized carbons (Fsp3) is 0.0909. The van der Waals surface area contributed by atoms with E-state index in [1.54, 1.807) is 6.07 Å². The third-order valence-corrected chi connectivity index (χ3v) is 2.94. The Labute approximate surface area is 120 Å². The summed E-state index contributed by atoms with van der Waals surface area (Å²) in [6.07, 6.45) is -4.60. The maximum Gasteiger partial charge on any atom is 0.416 e. The smallest absolute Gasteiger partial charge is 0.416 e. The van der Waals surface area contributed by atoms with Gasteiger partial charge in [0, 0.05) is 6.07 Å². The normalized spacial score (nSPS) is 11.4. The van der Waals surface area contributed by atoms with Crippen LogP contribution in [0.2, 0.25) is 10.0 Å². The lowest BCUT2D eigenvalue weighted by Crippen LogP contribution is -2.07.